The molecule has 4 aromatic rings. The molecule has 0 saturated carbocycles. The molecule has 0 fully saturated rings. The molecule has 0 radical (unpaired) electrons. The number of hydrogen-bond acceptors (Lipinski definition) is 2. The molecule has 0 spiro atoms. The fourth-order valence-corrected chi connectivity index (χ4v) is 3.68. The second-order valence-corrected chi connectivity index (χ2v) is 7.46. The molecule has 1 N–H and O–H groups in total. The highest BCUT2D eigenvalue weighted by molar-refractivity contribution is 6.13. The quantitative estimate of drug-likeness (QED) is 0.449. The van der Waals surface area contributed by atoms with Crippen LogP contribution in [-0.4, -0.2) is 10.9 Å². The zero-order valence-corrected chi connectivity index (χ0v) is 17.0. The van der Waals surface area contributed by atoms with Crippen molar-refractivity contribution in [2.45, 2.75) is 27.2 Å². The molecule has 3 nitrogen and oxygen atoms in total. The van der Waals surface area contributed by atoms with E-state index in [1.165, 1.54) is 5.56 Å². The van der Waals surface area contributed by atoms with Gasteiger partial charge in [-0.3, -0.25) is 4.79 Å². The van der Waals surface area contributed by atoms with Gasteiger partial charge in [0.1, 0.15) is 0 Å². The van der Waals surface area contributed by atoms with Crippen molar-refractivity contribution >= 4 is 22.5 Å². The van der Waals surface area contributed by atoms with Crippen LogP contribution < -0.4 is 5.32 Å². The molecule has 29 heavy (non-hydrogen) atoms. The Morgan fingerprint density at radius 3 is 2.31 bits per heavy atom. The van der Waals surface area contributed by atoms with E-state index in [9.17, 15) is 4.79 Å². The van der Waals surface area contributed by atoms with Gasteiger partial charge in [0.05, 0.1) is 16.8 Å². The van der Waals surface area contributed by atoms with Gasteiger partial charge in [-0.15, -0.1) is 0 Å². The standard InChI is InChI=1S/C26H24N2O/c1-4-19-10-11-24-22(15-19)23(16-25(28-24)20-8-6-5-7-9-20)26(29)27-21-13-17(2)12-18(3)14-21/h5-16H,4H2,1-3H3,(H,27,29). The molecule has 1 amide bonds. The lowest BCUT2D eigenvalue weighted by molar-refractivity contribution is 0.102. The number of benzene rings is 3. The molecule has 0 unspecified atom stereocenters. The molecule has 3 aromatic carbocycles. The summed E-state index contributed by atoms with van der Waals surface area (Å²) in [5, 5.41) is 3.96. The molecular formula is C26H24N2O. The molecule has 0 aliphatic rings. The first-order valence-electron chi connectivity index (χ1n) is 9.92. The number of carbonyl (C=O) groups is 1. The van der Waals surface area contributed by atoms with Crippen molar-refractivity contribution in [3.05, 3.63) is 95.1 Å². The van der Waals surface area contributed by atoms with E-state index >= 15 is 0 Å². The van der Waals surface area contributed by atoms with Crippen LogP contribution in [0.2, 0.25) is 0 Å². The summed E-state index contributed by atoms with van der Waals surface area (Å²) >= 11 is 0. The molecule has 0 saturated heterocycles. The van der Waals surface area contributed by atoms with Gasteiger partial charge in [-0.25, -0.2) is 4.98 Å². The first-order chi connectivity index (χ1) is 14.0. The maximum absolute atomic E-state index is 13.3. The van der Waals surface area contributed by atoms with Crippen molar-refractivity contribution in [2.24, 2.45) is 0 Å². The minimum absolute atomic E-state index is 0.118. The molecule has 0 aliphatic carbocycles. The number of hydrogen-bond donors (Lipinski definition) is 1. The van der Waals surface area contributed by atoms with E-state index in [-0.39, 0.29) is 5.91 Å². The van der Waals surface area contributed by atoms with Crippen molar-refractivity contribution in [3.63, 3.8) is 0 Å². The normalized spacial score (nSPS) is 10.9. The van der Waals surface area contributed by atoms with Crippen molar-refractivity contribution in [3.8, 4) is 11.3 Å². The Bertz CT molecular complexity index is 1180. The van der Waals surface area contributed by atoms with E-state index in [1.54, 1.807) is 0 Å². The summed E-state index contributed by atoms with van der Waals surface area (Å²) < 4.78 is 0. The highest BCUT2D eigenvalue weighted by Crippen LogP contribution is 2.27. The average molecular weight is 380 g/mol. The van der Waals surface area contributed by atoms with Crippen LogP contribution in [0.15, 0.2) is 72.8 Å². The lowest BCUT2D eigenvalue weighted by Crippen LogP contribution is -2.13. The monoisotopic (exact) mass is 380 g/mol. The predicted octanol–water partition coefficient (Wildman–Crippen LogP) is 6.33. The number of rotatable bonds is 4. The van der Waals surface area contributed by atoms with Crippen LogP contribution in [0.25, 0.3) is 22.2 Å². The zero-order chi connectivity index (χ0) is 20.4. The smallest absolute Gasteiger partial charge is 0.256 e. The molecule has 3 heteroatoms. The number of nitrogens with zero attached hydrogens (tertiary/aromatic N) is 1. The molecule has 0 bridgehead atoms. The van der Waals surface area contributed by atoms with Crippen LogP contribution in [0.5, 0.6) is 0 Å². The predicted molar refractivity (Wildman–Crippen MR) is 120 cm³/mol. The van der Waals surface area contributed by atoms with Crippen LogP contribution in [0.1, 0.15) is 34.0 Å². The Labute approximate surface area is 171 Å². The fraction of sp³-hybridized carbons (Fsp3) is 0.154. The Morgan fingerprint density at radius 1 is 0.897 bits per heavy atom. The average Bonchev–Trinajstić information content (AvgIpc) is 2.72. The highest BCUT2D eigenvalue weighted by atomic mass is 16.1. The van der Waals surface area contributed by atoms with Gasteiger partial charge in [0.2, 0.25) is 0 Å². The van der Waals surface area contributed by atoms with Crippen LogP contribution >= 0.6 is 0 Å². The number of nitrogens with one attached hydrogen (secondary N) is 1. The van der Waals surface area contributed by atoms with Gasteiger partial charge in [0, 0.05) is 16.6 Å². The molecular weight excluding hydrogens is 356 g/mol. The van der Waals surface area contributed by atoms with Crippen molar-refractivity contribution < 1.29 is 4.79 Å². The summed E-state index contributed by atoms with van der Waals surface area (Å²) in [7, 11) is 0. The molecule has 0 atom stereocenters. The van der Waals surface area contributed by atoms with Gasteiger partial charge in [0.15, 0.2) is 0 Å². The van der Waals surface area contributed by atoms with E-state index in [0.717, 1.165) is 45.4 Å². The van der Waals surface area contributed by atoms with Crippen LogP contribution in [0, 0.1) is 13.8 Å². The third-order valence-corrected chi connectivity index (χ3v) is 5.08. The van der Waals surface area contributed by atoms with Gasteiger partial charge in [-0.2, -0.15) is 0 Å². The minimum Gasteiger partial charge on any atom is -0.322 e. The largest absolute Gasteiger partial charge is 0.322 e. The number of amides is 1. The number of anilines is 1. The summed E-state index contributed by atoms with van der Waals surface area (Å²) in [4.78, 5) is 18.1. The molecule has 4 rings (SSSR count). The lowest BCUT2D eigenvalue weighted by atomic mass is 10.0. The summed E-state index contributed by atoms with van der Waals surface area (Å²) in [5.74, 6) is -0.118. The van der Waals surface area contributed by atoms with Crippen LogP contribution in [0.3, 0.4) is 0 Å². The van der Waals surface area contributed by atoms with E-state index in [2.05, 4.69) is 30.4 Å². The first kappa shape index (κ1) is 18.9. The Balaban J connectivity index is 1.84. The topological polar surface area (TPSA) is 42.0 Å². The Kier molecular flexibility index (Phi) is 5.13. The third-order valence-electron chi connectivity index (χ3n) is 5.08. The van der Waals surface area contributed by atoms with Gasteiger partial charge in [-0.1, -0.05) is 49.4 Å². The van der Waals surface area contributed by atoms with E-state index in [0.29, 0.717) is 5.56 Å². The van der Waals surface area contributed by atoms with Gasteiger partial charge >= 0.3 is 0 Å². The van der Waals surface area contributed by atoms with Gasteiger partial charge < -0.3 is 5.32 Å². The molecule has 144 valence electrons. The molecule has 0 aliphatic heterocycles. The Hall–Kier alpha value is -3.46. The number of aryl methyl sites for hydroxylation is 3. The van der Waals surface area contributed by atoms with Crippen molar-refractivity contribution in [2.75, 3.05) is 5.32 Å². The maximum Gasteiger partial charge on any atom is 0.256 e. The molecule has 1 heterocycles. The van der Waals surface area contributed by atoms with E-state index in [1.807, 2.05) is 68.4 Å². The second kappa shape index (κ2) is 7.88. The summed E-state index contributed by atoms with van der Waals surface area (Å²) in [6.45, 7) is 6.18. The van der Waals surface area contributed by atoms with E-state index < -0.39 is 0 Å². The zero-order valence-electron chi connectivity index (χ0n) is 17.0. The van der Waals surface area contributed by atoms with Crippen LogP contribution in [0.4, 0.5) is 5.69 Å². The number of aromatic nitrogens is 1. The van der Waals surface area contributed by atoms with Crippen molar-refractivity contribution in [1.29, 1.82) is 0 Å². The highest BCUT2D eigenvalue weighted by Gasteiger charge is 2.15. The maximum atomic E-state index is 13.3. The van der Waals surface area contributed by atoms with Gasteiger partial charge in [-0.05, 0) is 67.3 Å². The van der Waals surface area contributed by atoms with Crippen LogP contribution in [-0.2, 0) is 6.42 Å². The van der Waals surface area contributed by atoms with Crippen molar-refractivity contribution in [1.82, 2.24) is 4.98 Å². The Morgan fingerprint density at radius 2 is 1.62 bits per heavy atom. The minimum atomic E-state index is -0.118. The summed E-state index contributed by atoms with van der Waals surface area (Å²) in [5.41, 5.74) is 7.51. The lowest BCUT2D eigenvalue weighted by Gasteiger charge is -2.12. The third kappa shape index (κ3) is 4.04. The van der Waals surface area contributed by atoms with Gasteiger partial charge in [0.25, 0.3) is 5.91 Å². The summed E-state index contributed by atoms with van der Waals surface area (Å²) in [6, 6.07) is 24.1. The fourth-order valence-electron chi connectivity index (χ4n) is 3.68. The number of fused-ring (bicyclic) bond motifs is 1. The second-order valence-electron chi connectivity index (χ2n) is 7.46. The number of carbonyl (C=O) groups excluding carboxylic acids is 1. The SMILES string of the molecule is CCc1ccc2nc(-c3ccccc3)cc(C(=O)Nc3cc(C)cc(C)c3)c2c1. The first-order valence-corrected chi connectivity index (χ1v) is 9.92. The molecule has 1 aromatic heterocycles. The number of pyridine rings is 1. The summed E-state index contributed by atoms with van der Waals surface area (Å²) in [6.07, 6.45) is 0.911. The van der Waals surface area contributed by atoms with E-state index in [4.69, 9.17) is 4.98 Å².